The minimum Gasteiger partial charge on any atom is -0.271 e. The van der Waals surface area contributed by atoms with Gasteiger partial charge >= 0.3 is 0 Å². The molecule has 0 heterocycles. The van der Waals surface area contributed by atoms with E-state index in [9.17, 15) is 8.42 Å². The summed E-state index contributed by atoms with van der Waals surface area (Å²) in [5.41, 5.74) is 0.534. The molecule has 0 aromatic heterocycles. The van der Waals surface area contributed by atoms with E-state index in [0.29, 0.717) is 5.69 Å². The molecule has 1 rings (SSSR count). The molecule has 0 atom stereocenters. The number of rotatable bonds is 3. The summed E-state index contributed by atoms with van der Waals surface area (Å²) in [6, 6.07) is 5.20. The molecule has 0 unspecified atom stereocenters. The Kier molecular flexibility index (Phi) is 4.16. The third-order valence-electron chi connectivity index (χ3n) is 1.44. The van der Waals surface area contributed by atoms with Crippen LogP contribution in [0.25, 0.3) is 0 Å². The van der Waals surface area contributed by atoms with Crippen molar-refractivity contribution in [1.82, 2.24) is 4.72 Å². The van der Waals surface area contributed by atoms with Crippen molar-refractivity contribution in [3.8, 4) is 0 Å². The fourth-order valence-corrected chi connectivity index (χ4v) is 2.07. The van der Waals surface area contributed by atoms with E-state index in [4.69, 9.17) is 0 Å². The molecule has 0 fully saturated rings. The predicted octanol–water partition coefficient (Wildman–Crippen LogP) is 1.93. The summed E-state index contributed by atoms with van der Waals surface area (Å²) >= 11 is 5.44. The Morgan fingerprint density at radius 1 is 1.43 bits per heavy atom. The zero-order chi connectivity index (χ0) is 10.8. The zero-order valence-corrected chi connectivity index (χ0v) is 11.8. The Labute approximate surface area is 105 Å². The molecule has 1 aromatic carbocycles. The quantitative estimate of drug-likeness (QED) is 0.775. The molecule has 14 heavy (non-hydrogen) atoms. The summed E-state index contributed by atoms with van der Waals surface area (Å²) in [5.74, 6) is 0. The van der Waals surface area contributed by atoms with Crippen molar-refractivity contribution in [2.75, 3.05) is 11.8 Å². The molecule has 0 aliphatic heterocycles. The van der Waals surface area contributed by atoms with Gasteiger partial charge in [0.1, 0.15) is 0 Å². The molecular formula is C7H8BrIN2O2S. The van der Waals surface area contributed by atoms with Gasteiger partial charge in [0.25, 0.3) is 10.2 Å². The van der Waals surface area contributed by atoms with Crippen molar-refractivity contribution in [3.63, 3.8) is 0 Å². The Hall–Kier alpha value is 0.140. The topological polar surface area (TPSA) is 58.2 Å². The normalized spacial score (nSPS) is 11.4. The molecule has 0 amide bonds. The van der Waals surface area contributed by atoms with Gasteiger partial charge in [0.2, 0.25) is 0 Å². The zero-order valence-electron chi connectivity index (χ0n) is 7.21. The highest BCUT2D eigenvalue weighted by molar-refractivity contribution is 14.1. The highest BCUT2D eigenvalue weighted by Crippen LogP contribution is 2.22. The van der Waals surface area contributed by atoms with Crippen molar-refractivity contribution < 1.29 is 8.42 Å². The molecule has 2 N–H and O–H groups in total. The number of benzene rings is 1. The van der Waals surface area contributed by atoms with E-state index < -0.39 is 10.2 Å². The molecular weight excluding hydrogens is 383 g/mol. The summed E-state index contributed by atoms with van der Waals surface area (Å²) in [4.78, 5) is 0. The van der Waals surface area contributed by atoms with Crippen LogP contribution in [0.2, 0.25) is 0 Å². The number of hydrogen-bond acceptors (Lipinski definition) is 2. The van der Waals surface area contributed by atoms with Gasteiger partial charge in [-0.15, -0.1) is 0 Å². The highest BCUT2D eigenvalue weighted by atomic mass is 127. The molecule has 0 saturated carbocycles. The van der Waals surface area contributed by atoms with Crippen molar-refractivity contribution in [2.45, 2.75) is 0 Å². The van der Waals surface area contributed by atoms with E-state index in [0.717, 1.165) is 8.04 Å². The summed E-state index contributed by atoms with van der Waals surface area (Å²) in [6.07, 6.45) is 0. The first-order valence-corrected chi connectivity index (χ1v) is 6.96. The maximum atomic E-state index is 11.1. The van der Waals surface area contributed by atoms with Gasteiger partial charge in [0.15, 0.2) is 0 Å². The molecule has 4 nitrogen and oxygen atoms in total. The average Bonchev–Trinajstić information content (AvgIpc) is 2.11. The third kappa shape index (κ3) is 3.37. The molecule has 1 aromatic rings. The minimum absolute atomic E-state index is 0.534. The van der Waals surface area contributed by atoms with Crippen LogP contribution in [0.1, 0.15) is 0 Å². The lowest BCUT2D eigenvalue weighted by Gasteiger charge is -2.07. The van der Waals surface area contributed by atoms with Crippen LogP contribution >= 0.6 is 38.5 Å². The van der Waals surface area contributed by atoms with E-state index in [2.05, 4.69) is 48.0 Å². The van der Waals surface area contributed by atoms with Crippen LogP contribution in [-0.4, -0.2) is 15.5 Å². The first-order chi connectivity index (χ1) is 6.44. The average molecular weight is 391 g/mol. The monoisotopic (exact) mass is 390 g/mol. The number of nitrogens with one attached hydrogen (secondary N) is 2. The summed E-state index contributed by atoms with van der Waals surface area (Å²) in [5, 5.41) is 0. The Bertz CT molecular complexity index is 435. The molecule has 0 aliphatic rings. The number of anilines is 1. The Morgan fingerprint density at radius 3 is 2.57 bits per heavy atom. The van der Waals surface area contributed by atoms with Crippen LogP contribution in [0.15, 0.2) is 22.7 Å². The van der Waals surface area contributed by atoms with Crippen LogP contribution in [0, 0.1) is 3.57 Å². The molecule has 78 valence electrons. The van der Waals surface area contributed by atoms with Crippen molar-refractivity contribution >= 4 is 54.4 Å². The molecule has 0 saturated heterocycles. The van der Waals surface area contributed by atoms with Gasteiger partial charge in [-0.3, -0.25) is 4.72 Å². The van der Waals surface area contributed by atoms with E-state index in [1.807, 2.05) is 0 Å². The molecule has 0 aliphatic carbocycles. The van der Waals surface area contributed by atoms with Gasteiger partial charge in [0.05, 0.1) is 5.69 Å². The smallest absolute Gasteiger partial charge is 0.271 e. The van der Waals surface area contributed by atoms with Gasteiger partial charge in [-0.2, -0.15) is 8.42 Å². The summed E-state index contributed by atoms with van der Waals surface area (Å²) < 4.78 is 28.7. The largest absolute Gasteiger partial charge is 0.298 e. The summed E-state index contributed by atoms with van der Waals surface area (Å²) in [7, 11) is -2.07. The molecule has 0 spiro atoms. The van der Waals surface area contributed by atoms with Gasteiger partial charge in [-0.25, -0.2) is 4.72 Å². The van der Waals surface area contributed by atoms with Gasteiger partial charge in [-0.05, 0) is 56.7 Å². The second kappa shape index (κ2) is 4.77. The third-order valence-corrected chi connectivity index (χ3v) is 4.81. The molecule has 7 heteroatoms. The van der Waals surface area contributed by atoms with E-state index in [1.54, 1.807) is 18.2 Å². The van der Waals surface area contributed by atoms with Gasteiger partial charge < -0.3 is 0 Å². The van der Waals surface area contributed by atoms with Crippen LogP contribution in [0.3, 0.4) is 0 Å². The van der Waals surface area contributed by atoms with Crippen LogP contribution in [0.5, 0.6) is 0 Å². The maximum Gasteiger partial charge on any atom is 0.298 e. The van der Waals surface area contributed by atoms with Crippen LogP contribution < -0.4 is 9.44 Å². The highest BCUT2D eigenvalue weighted by Gasteiger charge is 2.06. The standard InChI is InChI=1S/C7H8BrIN2O2S/c1-10-14(12,13)11-5-2-3-6(8)7(9)4-5/h2-4,10-11H,1H3. The second-order valence-corrected chi connectivity index (χ2v) is 6.07. The lowest BCUT2D eigenvalue weighted by Crippen LogP contribution is -2.26. The van der Waals surface area contributed by atoms with Crippen LogP contribution in [-0.2, 0) is 10.2 Å². The number of hydrogen-bond donors (Lipinski definition) is 2. The fourth-order valence-electron chi connectivity index (χ4n) is 0.766. The second-order valence-electron chi connectivity index (χ2n) is 2.44. The minimum atomic E-state index is -3.42. The maximum absolute atomic E-state index is 11.1. The Balaban J connectivity index is 2.94. The van der Waals surface area contributed by atoms with Crippen molar-refractivity contribution in [2.24, 2.45) is 0 Å². The predicted molar refractivity (Wildman–Crippen MR) is 68.5 cm³/mol. The lowest BCUT2D eigenvalue weighted by molar-refractivity contribution is 0.593. The first kappa shape index (κ1) is 12.2. The lowest BCUT2D eigenvalue weighted by atomic mass is 10.3. The van der Waals surface area contributed by atoms with E-state index in [-0.39, 0.29) is 0 Å². The summed E-state index contributed by atoms with van der Waals surface area (Å²) in [6.45, 7) is 0. The van der Waals surface area contributed by atoms with E-state index >= 15 is 0 Å². The van der Waals surface area contributed by atoms with Crippen LogP contribution in [0.4, 0.5) is 5.69 Å². The SMILES string of the molecule is CNS(=O)(=O)Nc1ccc(Br)c(I)c1. The Morgan fingerprint density at radius 2 is 2.07 bits per heavy atom. The molecule has 0 bridgehead atoms. The van der Waals surface area contributed by atoms with Gasteiger partial charge in [0, 0.05) is 15.1 Å². The van der Waals surface area contributed by atoms with E-state index in [1.165, 1.54) is 7.05 Å². The van der Waals surface area contributed by atoms with Crippen molar-refractivity contribution in [1.29, 1.82) is 0 Å². The fraction of sp³-hybridized carbons (Fsp3) is 0.143. The molecule has 0 radical (unpaired) electrons. The first-order valence-electron chi connectivity index (χ1n) is 3.61. The number of halogens is 2. The van der Waals surface area contributed by atoms with Crippen molar-refractivity contribution in [3.05, 3.63) is 26.2 Å². The van der Waals surface area contributed by atoms with Gasteiger partial charge in [-0.1, -0.05) is 0 Å².